The molecule has 0 spiro atoms. The van der Waals surface area contributed by atoms with Gasteiger partial charge in [-0.25, -0.2) is 4.39 Å². The van der Waals surface area contributed by atoms with Crippen molar-refractivity contribution in [3.63, 3.8) is 0 Å². The van der Waals surface area contributed by atoms with Gasteiger partial charge < -0.3 is 4.90 Å². The zero-order valence-corrected chi connectivity index (χ0v) is 20.4. The minimum atomic E-state index is -0.185. The highest BCUT2D eigenvalue weighted by molar-refractivity contribution is 5.79. The zero-order valence-electron chi connectivity index (χ0n) is 20.4. The van der Waals surface area contributed by atoms with Gasteiger partial charge in [0.15, 0.2) is 0 Å². The molecule has 0 amide bonds. The van der Waals surface area contributed by atoms with Crippen LogP contribution in [0.2, 0.25) is 0 Å². The first-order valence-electron chi connectivity index (χ1n) is 12.3. The molecule has 0 radical (unpaired) electrons. The van der Waals surface area contributed by atoms with Crippen LogP contribution in [0.3, 0.4) is 0 Å². The average molecular weight is 458 g/mol. The van der Waals surface area contributed by atoms with Gasteiger partial charge in [0.05, 0.1) is 0 Å². The number of benzene rings is 3. The van der Waals surface area contributed by atoms with Crippen molar-refractivity contribution in [2.45, 2.75) is 13.0 Å². The van der Waals surface area contributed by atoms with Gasteiger partial charge in [-0.1, -0.05) is 78.9 Å². The summed E-state index contributed by atoms with van der Waals surface area (Å²) >= 11 is 0. The van der Waals surface area contributed by atoms with Crippen molar-refractivity contribution in [3.05, 3.63) is 114 Å². The number of nitrogens with zero attached hydrogens (tertiary/aromatic N) is 3. The third-order valence-corrected chi connectivity index (χ3v) is 6.90. The van der Waals surface area contributed by atoms with E-state index < -0.39 is 0 Å². The Morgan fingerprint density at radius 3 is 1.97 bits per heavy atom. The third kappa shape index (κ3) is 6.63. The Morgan fingerprint density at radius 1 is 0.853 bits per heavy atom. The Kier molecular flexibility index (Phi) is 8.64. The lowest BCUT2D eigenvalue weighted by atomic mass is 9.97. The summed E-state index contributed by atoms with van der Waals surface area (Å²) in [5.74, 6) is -0.185. The van der Waals surface area contributed by atoms with E-state index >= 15 is 0 Å². The van der Waals surface area contributed by atoms with E-state index in [4.69, 9.17) is 0 Å². The third-order valence-electron chi connectivity index (χ3n) is 6.90. The number of halogens is 1. The van der Waals surface area contributed by atoms with Gasteiger partial charge in [-0.15, -0.1) is 0 Å². The first-order valence-corrected chi connectivity index (χ1v) is 12.3. The second-order valence-electron chi connectivity index (χ2n) is 9.22. The normalized spacial score (nSPS) is 15.9. The minimum absolute atomic E-state index is 0.185. The molecule has 1 aliphatic heterocycles. The second-order valence-corrected chi connectivity index (χ2v) is 9.22. The molecule has 4 heteroatoms. The molecule has 0 aliphatic carbocycles. The smallest absolute Gasteiger partial charge is 0.123 e. The van der Waals surface area contributed by atoms with Crippen molar-refractivity contribution in [3.8, 4) is 0 Å². The molecule has 0 unspecified atom stereocenters. The van der Waals surface area contributed by atoms with Crippen LogP contribution in [0.1, 0.15) is 29.7 Å². The van der Waals surface area contributed by atoms with Crippen LogP contribution in [-0.2, 0) is 0 Å². The van der Waals surface area contributed by atoms with E-state index in [0.29, 0.717) is 0 Å². The topological polar surface area (TPSA) is 9.72 Å². The number of hydrogen-bond acceptors (Lipinski definition) is 3. The lowest BCUT2D eigenvalue weighted by molar-refractivity contribution is 0.127. The van der Waals surface area contributed by atoms with Crippen molar-refractivity contribution in [1.82, 2.24) is 14.7 Å². The second kappa shape index (κ2) is 12.1. The Labute approximate surface area is 204 Å². The largest absolute Gasteiger partial charge is 0.304 e. The van der Waals surface area contributed by atoms with Crippen LogP contribution in [-0.4, -0.2) is 67.6 Å². The van der Waals surface area contributed by atoms with Crippen LogP contribution in [0.15, 0.2) is 91.0 Å². The summed E-state index contributed by atoms with van der Waals surface area (Å²) in [6, 6.07) is 28.4. The predicted octanol–water partition coefficient (Wildman–Crippen LogP) is 5.57. The monoisotopic (exact) mass is 457 g/mol. The van der Waals surface area contributed by atoms with Crippen LogP contribution in [0.4, 0.5) is 4.39 Å². The van der Waals surface area contributed by atoms with Gasteiger partial charge in [-0.3, -0.25) is 9.80 Å². The van der Waals surface area contributed by atoms with E-state index in [1.54, 1.807) is 12.1 Å². The molecule has 1 aliphatic rings. The Hall–Kier alpha value is -2.79. The van der Waals surface area contributed by atoms with E-state index in [0.717, 1.165) is 51.4 Å². The molecule has 0 saturated carbocycles. The van der Waals surface area contributed by atoms with Crippen LogP contribution in [0, 0.1) is 5.82 Å². The molecule has 1 atom stereocenters. The minimum Gasteiger partial charge on any atom is -0.304 e. The van der Waals surface area contributed by atoms with Gasteiger partial charge in [0, 0.05) is 51.9 Å². The van der Waals surface area contributed by atoms with Crippen molar-refractivity contribution >= 4 is 5.57 Å². The zero-order chi connectivity index (χ0) is 23.8. The lowest BCUT2D eigenvalue weighted by Crippen LogP contribution is -2.47. The SMILES string of the molecule is C[C@H](c1ccc(F)cc1)N(CC=C(c1ccccc1)c1ccccc1)CCN1CCN(C)CC1. The van der Waals surface area contributed by atoms with Gasteiger partial charge in [0.25, 0.3) is 0 Å². The molecular formula is C30H36FN3. The summed E-state index contributed by atoms with van der Waals surface area (Å²) in [6.07, 6.45) is 2.36. The maximum Gasteiger partial charge on any atom is 0.123 e. The molecule has 1 fully saturated rings. The van der Waals surface area contributed by atoms with Gasteiger partial charge >= 0.3 is 0 Å². The molecule has 3 nitrogen and oxygen atoms in total. The maximum atomic E-state index is 13.6. The number of rotatable bonds is 9. The van der Waals surface area contributed by atoms with Crippen molar-refractivity contribution in [2.75, 3.05) is 52.9 Å². The number of hydrogen-bond donors (Lipinski definition) is 0. The quantitative estimate of drug-likeness (QED) is 0.416. The van der Waals surface area contributed by atoms with Gasteiger partial charge in [0.1, 0.15) is 5.82 Å². The number of piperazine rings is 1. The fourth-order valence-corrected chi connectivity index (χ4v) is 4.58. The van der Waals surface area contributed by atoms with E-state index in [1.165, 1.54) is 16.7 Å². The highest BCUT2D eigenvalue weighted by Gasteiger charge is 2.19. The Morgan fingerprint density at radius 2 is 1.41 bits per heavy atom. The van der Waals surface area contributed by atoms with Crippen molar-refractivity contribution in [1.29, 1.82) is 0 Å². The average Bonchev–Trinajstić information content (AvgIpc) is 2.88. The summed E-state index contributed by atoms with van der Waals surface area (Å²) in [6.45, 7) is 9.55. The fraction of sp³-hybridized carbons (Fsp3) is 0.333. The summed E-state index contributed by atoms with van der Waals surface area (Å²) < 4.78 is 13.6. The van der Waals surface area contributed by atoms with Crippen LogP contribution in [0.5, 0.6) is 0 Å². The van der Waals surface area contributed by atoms with E-state index in [1.807, 2.05) is 12.1 Å². The summed E-state index contributed by atoms with van der Waals surface area (Å²) in [4.78, 5) is 7.46. The Balaban J connectivity index is 1.57. The molecular weight excluding hydrogens is 421 g/mol. The molecule has 34 heavy (non-hydrogen) atoms. The standard InChI is InChI=1S/C30H36FN3/c1-25(26-13-15-29(31)16-14-26)34(24-23-33-21-19-32(2)20-22-33)18-17-30(27-9-5-3-6-10-27)28-11-7-4-8-12-28/h3-17,25H,18-24H2,1-2H3/t25-/m1/s1. The van der Waals surface area contributed by atoms with E-state index in [-0.39, 0.29) is 11.9 Å². The molecule has 1 heterocycles. The molecule has 0 bridgehead atoms. The molecule has 0 aromatic heterocycles. The summed E-state index contributed by atoms with van der Waals surface area (Å²) in [5.41, 5.74) is 4.84. The molecule has 178 valence electrons. The molecule has 0 N–H and O–H groups in total. The number of likely N-dealkylation sites (N-methyl/N-ethyl adjacent to an activating group) is 1. The van der Waals surface area contributed by atoms with Gasteiger partial charge in [-0.05, 0) is 48.4 Å². The van der Waals surface area contributed by atoms with Crippen molar-refractivity contribution < 1.29 is 4.39 Å². The van der Waals surface area contributed by atoms with Crippen LogP contribution >= 0.6 is 0 Å². The summed E-state index contributed by atoms with van der Waals surface area (Å²) in [5, 5.41) is 0. The maximum absolute atomic E-state index is 13.6. The molecule has 3 aromatic carbocycles. The predicted molar refractivity (Wildman–Crippen MR) is 140 cm³/mol. The lowest BCUT2D eigenvalue weighted by Gasteiger charge is -2.35. The highest BCUT2D eigenvalue weighted by atomic mass is 19.1. The first kappa shape index (κ1) is 24.3. The Bertz CT molecular complexity index is 984. The molecule has 3 aromatic rings. The van der Waals surface area contributed by atoms with E-state index in [9.17, 15) is 4.39 Å². The van der Waals surface area contributed by atoms with Crippen molar-refractivity contribution in [2.24, 2.45) is 0 Å². The van der Waals surface area contributed by atoms with Gasteiger partial charge in [0.2, 0.25) is 0 Å². The fourth-order valence-electron chi connectivity index (χ4n) is 4.58. The molecule has 1 saturated heterocycles. The van der Waals surface area contributed by atoms with Gasteiger partial charge in [-0.2, -0.15) is 0 Å². The van der Waals surface area contributed by atoms with Crippen LogP contribution < -0.4 is 0 Å². The van der Waals surface area contributed by atoms with E-state index in [2.05, 4.69) is 95.4 Å². The van der Waals surface area contributed by atoms with Crippen LogP contribution in [0.25, 0.3) is 5.57 Å². The molecule has 4 rings (SSSR count). The first-order chi connectivity index (χ1) is 16.6. The highest BCUT2D eigenvalue weighted by Crippen LogP contribution is 2.25. The summed E-state index contributed by atoms with van der Waals surface area (Å²) in [7, 11) is 2.19.